The highest BCUT2D eigenvalue weighted by molar-refractivity contribution is 5.74. The Balaban J connectivity index is 2.46. The zero-order valence-corrected chi connectivity index (χ0v) is 16.0. The number of rotatable bonds is 0. The minimum absolute atomic E-state index is 0.0154. The summed E-state index contributed by atoms with van der Waals surface area (Å²) in [5.41, 5.74) is 7.67. The summed E-state index contributed by atoms with van der Waals surface area (Å²) >= 11 is 0. The largest absolute Gasteiger partial charge is 0.355 e. The summed E-state index contributed by atoms with van der Waals surface area (Å²) in [6.45, 7) is 19.1. The normalized spacial score (nSPS) is 36.6. The van der Waals surface area contributed by atoms with Crippen molar-refractivity contribution in [3.8, 4) is 0 Å². The Morgan fingerprint density at radius 2 is 1.50 bits per heavy atom. The molecule has 2 heterocycles. The van der Waals surface area contributed by atoms with Gasteiger partial charge < -0.3 is 4.90 Å². The van der Waals surface area contributed by atoms with Gasteiger partial charge in [0.05, 0.1) is 0 Å². The standard InChI is InChI=1S/C20H32N2/c1-12-11-13(2)16-17(14(12)3)22(10)20(8)19(16,7)18(5,6)15(4)21(20)9/h11,15H,1-10H3/t15-,19-,20-/m1/s1. The van der Waals surface area contributed by atoms with Crippen molar-refractivity contribution < 1.29 is 0 Å². The molecule has 1 saturated heterocycles. The number of nitrogens with zero attached hydrogens (tertiary/aromatic N) is 2. The molecule has 0 bridgehead atoms. The van der Waals surface area contributed by atoms with Crippen LogP contribution >= 0.6 is 0 Å². The molecule has 3 atom stereocenters. The van der Waals surface area contributed by atoms with E-state index in [0.29, 0.717) is 6.04 Å². The molecule has 2 aliphatic rings. The van der Waals surface area contributed by atoms with E-state index in [-0.39, 0.29) is 16.5 Å². The molecule has 0 unspecified atom stereocenters. The smallest absolute Gasteiger partial charge is 0.100 e. The highest BCUT2D eigenvalue weighted by Gasteiger charge is 2.71. The van der Waals surface area contributed by atoms with Crippen LogP contribution in [0, 0.1) is 26.2 Å². The van der Waals surface area contributed by atoms with Gasteiger partial charge in [0.1, 0.15) is 5.66 Å². The van der Waals surface area contributed by atoms with E-state index in [9.17, 15) is 0 Å². The molecule has 0 aliphatic carbocycles. The van der Waals surface area contributed by atoms with Gasteiger partial charge >= 0.3 is 0 Å². The summed E-state index contributed by atoms with van der Waals surface area (Å²) in [5.74, 6) is 0. The van der Waals surface area contributed by atoms with E-state index in [2.05, 4.69) is 85.4 Å². The quantitative estimate of drug-likeness (QED) is 0.701. The molecule has 1 aromatic rings. The Labute approximate surface area is 136 Å². The number of aryl methyl sites for hydroxylation is 2. The lowest BCUT2D eigenvalue weighted by molar-refractivity contribution is 0.123. The highest BCUT2D eigenvalue weighted by atomic mass is 15.5. The van der Waals surface area contributed by atoms with Gasteiger partial charge in [-0.05, 0) is 69.3 Å². The fraction of sp³-hybridized carbons (Fsp3) is 0.700. The Morgan fingerprint density at radius 3 is 2.05 bits per heavy atom. The lowest BCUT2D eigenvalue weighted by Gasteiger charge is -2.47. The van der Waals surface area contributed by atoms with Crippen molar-refractivity contribution in [1.82, 2.24) is 4.90 Å². The molecule has 122 valence electrons. The van der Waals surface area contributed by atoms with E-state index in [1.165, 1.54) is 22.4 Å². The molecule has 2 nitrogen and oxygen atoms in total. The monoisotopic (exact) mass is 300 g/mol. The van der Waals surface area contributed by atoms with Gasteiger partial charge in [0.2, 0.25) is 0 Å². The van der Waals surface area contributed by atoms with Crippen molar-refractivity contribution in [2.75, 3.05) is 19.0 Å². The van der Waals surface area contributed by atoms with E-state index < -0.39 is 0 Å². The number of anilines is 1. The van der Waals surface area contributed by atoms with E-state index in [4.69, 9.17) is 0 Å². The molecule has 0 saturated carbocycles. The van der Waals surface area contributed by atoms with Crippen LogP contribution in [-0.2, 0) is 5.41 Å². The maximum Gasteiger partial charge on any atom is 0.100 e. The molecular formula is C20H32N2. The molecular weight excluding hydrogens is 268 g/mol. The average molecular weight is 300 g/mol. The minimum atomic E-state index is 0.0154. The summed E-state index contributed by atoms with van der Waals surface area (Å²) in [5, 5.41) is 0. The summed E-state index contributed by atoms with van der Waals surface area (Å²) in [6.07, 6.45) is 0. The van der Waals surface area contributed by atoms with Crippen LogP contribution in [0.2, 0.25) is 0 Å². The van der Waals surface area contributed by atoms with Crippen LogP contribution in [0.3, 0.4) is 0 Å². The fourth-order valence-electron chi connectivity index (χ4n) is 5.71. The van der Waals surface area contributed by atoms with E-state index in [1.54, 1.807) is 5.56 Å². The topological polar surface area (TPSA) is 6.48 Å². The first kappa shape index (κ1) is 15.9. The van der Waals surface area contributed by atoms with Crippen LogP contribution in [-0.4, -0.2) is 30.7 Å². The Morgan fingerprint density at radius 1 is 0.955 bits per heavy atom. The maximum atomic E-state index is 2.60. The first-order valence-corrected chi connectivity index (χ1v) is 8.52. The summed E-state index contributed by atoms with van der Waals surface area (Å²) in [6, 6.07) is 2.93. The predicted octanol–water partition coefficient (Wildman–Crippen LogP) is 4.40. The number of fused-ring (bicyclic) bond motifs is 3. The van der Waals surface area contributed by atoms with Gasteiger partial charge in [-0.15, -0.1) is 0 Å². The van der Waals surface area contributed by atoms with E-state index in [0.717, 1.165) is 0 Å². The van der Waals surface area contributed by atoms with Crippen LogP contribution in [0.1, 0.15) is 56.9 Å². The molecule has 22 heavy (non-hydrogen) atoms. The van der Waals surface area contributed by atoms with Crippen LogP contribution in [0.4, 0.5) is 5.69 Å². The van der Waals surface area contributed by atoms with Crippen LogP contribution in [0.5, 0.6) is 0 Å². The number of benzene rings is 1. The lowest BCUT2D eigenvalue weighted by atomic mass is 9.58. The SMILES string of the molecule is Cc1cc(C)c2c(c1C)N(C)[C@@]1(C)N(C)[C@H](C)C(C)(C)[C@@]21C. The molecule has 1 aromatic carbocycles. The van der Waals surface area contributed by atoms with Gasteiger partial charge in [-0.2, -0.15) is 0 Å². The van der Waals surface area contributed by atoms with Gasteiger partial charge in [0, 0.05) is 24.2 Å². The molecule has 1 fully saturated rings. The Kier molecular flexibility index (Phi) is 2.94. The van der Waals surface area contributed by atoms with Crippen LogP contribution < -0.4 is 4.90 Å². The van der Waals surface area contributed by atoms with Gasteiger partial charge in [-0.3, -0.25) is 4.90 Å². The van der Waals surface area contributed by atoms with E-state index >= 15 is 0 Å². The molecule has 0 N–H and O–H groups in total. The van der Waals surface area contributed by atoms with Crippen molar-refractivity contribution >= 4 is 5.69 Å². The van der Waals surface area contributed by atoms with Crippen molar-refractivity contribution in [1.29, 1.82) is 0 Å². The van der Waals surface area contributed by atoms with Crippen molar-refractivity contribution in [3.05, 3.63) is 28.3 Å². The van der Waals surface area contributed by atoms with Crippen LogP contribution in [0.15, 0.2) is 6.07 Å². The first-order valence-electron chi connectivity index (χ1n) is 8.52. The number of likely N-dealkylation sites (tertiary alicyclic amines) is 1. The Hall–Kier alpha value is -1.02. The van der Waals surface area contributed by atoms with Crippen LogP contribution in [0.25, 0.3) is 0 Å². The summed E-state index contributed by atoms with van der Waals surface area (Å²) in [7, 11) is 4.60. The molecule has 0 aromatic heterocycles. The number of hydrogen-bond acceptors (Lipinski definition) is 2. The molecule has 3 rings (SSSR count). The lowest BCUT2D eigenvalue weighted by Crippen LogP contribution is -2.59. The first-order chi connectivity index (χ1) is 9.94. The maximum absolute atomic E-state index is 2.60. The van der Waals surface area contributed by atoms with Crippen molar-refractivity contribution in [3.63, 3.8) is 0 Å². The summed E-state index contributed by atoms with van der Waals surface area (Å²) in [4.78, 5) is 5.16. The predicted molar refractivity (Wildman–Crippen MR) is 95.8 cm³/mol. The fourth-order valence-corrected chi connectivity index (χ4v) is 5.71. The zero-order chi connectivity index (χ0) is 16.8. The molecule has 0 spiro atoms. The minimum Gasteiger partial charge on any atom is -0.355 e. The third-order valence-electron chi connectivity index (χ3n) is 8.05. The van der Waals surface area contributed by atoms with Crippen molar-refractivity contribution in [2.24, 2.45) is 5.41 Å². The molecule has 2 heteroatoms. The second-order valence-electron chi connectivity index (χ2n) is 8.57. The number of hydrogen-bond donors (Lipinski definition) is 0. The van der Waals surface area contributed by atoms with Gasteiger partial charge in [-0.1, -0.05) is 26.8 Å². The molecule has 0 radical (unpaired) electrons. The van der Waals surface area contributed by atoms with Gasteiger partial charge in [0.15, 0.2) is 0 Å². The van der Waals surface area contributed by atoms with E-state index in [1.807, 2.05) is 0 Å². The van der Waals surface area contributed by atoms with Crippen molar-refractivity contribution in [2.45, 2.75) is 72.5 Å². The summed E-state index contributed by atoms with van der Waals surface area (Å²) < 4.78 is 0. The zero-order valence-electron chi connectivity index (χ0n) is 16.0. The second-order valence-corrected chi connectivity index (χ2v) is 8.57. The second kappa shape index (κ2) is 4.08. The number of likely N-dealkylation sites (N-methyl/N-ethyl adjacent to an activating group) is 2. The molecule has 0 amide bonds. The molecule has 2 aliphatic heterocycles. The van der Waals surface area contributed by atoms with Gasteiger partial charge in [-0.25, -0.2) is 0 Å². The highest BCUT2D eigenvalue weighted by Crippen LogP contribution is 2.67. The third kappa shape index (κ3) is 1.29. The Bertz CT molecular complexity index is 660. The van der Waals surface area contributed by atoms with Gasteiger partial charge in [0.25, 0.3) is 0 Å². The third-order valence-corrected chi connectivity index (χ3v) is 8.05. The average Bonchev–Trinajstić information content (AvgIpc) is 2.69.